The molecule has 0 aliphatic heterocycles. The van der Waals surface area contributed by atoms with E-state index < -0.39 is 0 Å². The Kier molecular flexibility index (Phi) is 3.92. The SMILES string of the molecule is COc1cc(Cc2cccc3[c]c[nH]c23)cc(OC)c1OC. The summed E-state index contributed by atoms with van der Waals surface area (Å²) >= 11 is 0. The van der Waals surface area contributed by atoms with E-state index in [2.05, 4.69) is 17.1 Å². The second-order valence-electron chi connectivity index (χ2n) is 4.98. The average molecular weight is 296 g/mol. The van der Waals surface area contributed by atoms with E-state index in [-0.39, 0.29) is 0 Å². The molecule has 3 aromatic rings. The number of benzene rings is 2. The molecule has 22 heavy (non-hydrogen) atoms. The molecular formula is C18H18NO3. The van der Waals surface area contributed by atoms with Gasteiger partial charge in [-0.1, -0.05) is 18.2 Å². The van der Waals surface area contributed by atoms with E-state index >= 15 is 0 Å². The molecular weight excluding hydrogens is 278 g/mol. The molecule has 0 amide bonds. The Hall–Kier alpha value is -2.62. The van der Waals surface area contributed by atoms with Crippen LogP contribution in [-0.2, 0) is 6.42 Å². The molecule has 0 spiro atoms. The van der Waals surface area contributed by atoms with Crippen molar-refractivity contribution in [3.63, 3.8) is 0 Å². The van der Waals surface area contributed by atoms with E-state index in [1.165, 1.54) is 5.56 Å². The molecule has 0 atom stereocenters. The van der Waals surface area contributed by atoms with Crippen molar-refractivity contribution in [3.05, 3.63) is 53.7 Å². The number of nitrogens with one attached hydrogen (secondary N) is 1. The van der Waals surface area contributed by atoms with Crippen LogP contribution in [0.25, 0.3) is 10.9 Å². The van der Waals surface area contributed by atoms with Crippen molar-refractivity contribution in [1.82, 2.24) is 4.98 Å². The summed E-state index contributed by atoms with van der Waals surface area (Å²) in [4.78, 5) is 3.25. The minimum absolute atomic E-state index is 0.611. The summed E-state index contributed by atoms with van der Waals surface area (Å²) in [6, 6.07) is 13.3. The van der Waals surface area contributed by atoms with Crippen molar-refractivity contribution in [2.24, 2.45) is 0 Å². The molecule has 0 bridgehead atoms. The van der Waals surface area contributed by atoms with E-state index in [9.17, 15) is 0 Å². The molecule has 0 unspecified atom stereocenters. The fourth-order valence-corrected chi connectivity index (χ4v) is 2.68. The zero-order valence-electron chi connectivity index (χ0n) is 12.9. The Morgan fingerprint density at radius 3 is 2.36 bits per heavy atom. The lowest BCUT2D eigenvalue weighted by molar-refractivity contribution is 0.324. The second kappa shape index (κ2) is 6.02. The van der Waals surface area contributed by atoms with Crippen LogP contribution in [0.1, 0.15) is 11.1 Å². The van der Waals surface area contributed by atoms with Gasteiger partial charge in [0.2, 0.25) is 5.75 Å². The molecule has 0 aliphatic carbocycles. The van der Waals surface area contributed by atoms with E-state index in [0.29, 0.717) is 17.2 Å². The molecule has 3 rings (SSSR count). The summed E-state index contributed by atoms with van der Waals surface area (Å²) < 4.78 is 16.2. The third kappa shape index (κ3) is 2.48. The van der Waals surface area contributed by atoms with Gasteiger partial charge in [0.15, 0.2) is 11.5 Å². The number of aromatic amines is 1. The first kappa shape index (κ1) is 14.3. The van der Waals surface area contributed by atoms with Crippen LogP contribution in [0.5, 0.6) is 17.2 Å². The van der Waals surface area contributed by atoms with E-state index in [4.69, 9.17) is 14.2 Å². The normalized spacial score (nSPS) is 10.7. The molecule has 4 heteroatoms. The molecule has 1 radical (unpaired) electrons. The zero-order valence-corrected chi connectivity index (χ0v) is 12.9. The smallest absolute Gasteiger partial charge is 0.203 e. The highest BCUT2D eigenvalue weighted by atomic mass is 16.5. The average Bonchev–Trinajstić information content (AvgIpc) is 3.03. The van der Waals surface area contributed by atoms with Gasteiger partial charge in [-0.2, -0.15) is 0 Å². The minimum atomic E-state index is 0.611. The highest BCUT2D eigenvalue weighted by molar-refractivity contribution is 5.82. The number of ether oxygens (including phenoxy) is 3. The lowest BCUT2D eigenvalue weighted by atomic mass is 10.0. The van der Waals surface area contributed by atoms with Crippen LogP contribution < -0.4 is 14.2 Å². The molecule has 2 aromatic carbocycles. The molecule has 0 saturated heterocycles. The third-order valence-corrected chi connectivity index (χ3v) is 3.71. The van der Waals surface area contributed by atoms with E-state index in [1.54, 1.807) is 21.3 Å². The molecule has 1 N–H and O–H groups in total. The maximum absolute atomic E-state index is 5.41. The van der Waals surface area contributed by atoms with Crippen molar-refractivity contribution in [2.75, 3.05) is 21.3 Å². The molecule has 113 valence electrons. The van der Waals surface area contributed by atoms with Crippen LogP contribution in [0, 0.1) is 6.07 Å². The summed E-state index contributed by atoms with van der Waals surface area (Å²) in [6.07, 6.45) is 2.60. The summed E-state index contributed by atoms with van der Waals surface area (Å²) in [7, 11) is 4.86. The Bertz CT molecular complexity index is 767. The van der Waals surface area contributed by atoms with Crippen molar-refractivity contribution >= 4 is 10.9 Å². The van der Waals surface area contributed by atoms with Crippen LogP contribution in [0.2, 0.25) is 0 Å². The number of fused-ring (bicyclic) bond motifs is 1. The molecule has 1 aromatic heterocycles. The van der Waals surface area contributed by atoms with Crippen LogP contribution >= 0.6 is 0 Å². The highest BCUT2D eigenvalue weighted by Crippen LogP contribution is 2.38. The van der Waals surface area contributed by atoms with Gasteiger partial charge in [-0.25, -0.2) is 0 Å². The molecule has 1 heterocycles. The first-order valence-electron chi connectivity index (χ1n) is 7.02. The van der Waals surface area contributed by atoms with Gasteiger partial charge in [-0.05, 0) is 29.7 Å². The van der Waals surface area contributed by atoms with Crippen molar-refractivity contribution in [3.8, 4) is 17.2 Å². The molecule has 0 fully saturated rings. The van der Waals surface area contributed by atoms with Gasteiger partial charge in [0.25, 0.3) is 0 Å². The fraction of sp³-hybridized carbons (Fsp3) is 0.222. The highest BCUT2D eigenvalue weighted by Gasteiger charge is 2.14. The summed E-state index contributed by atoms with van der Waals surface area (Å²) in [5.74, 6) is 1.95. The van der Waals surface area contributed by atoms with Gasteiger partial charge in [0, 0.05) is 23.2 Å². The monoisotopic (exact) mass is 296 g/mol. The Balaban J connectivity index is 2.03. The largest absolute Gasteiger partial charge is 0.493 e. The van der Waals surface area contributed by atoms with Crippen LogP contribution in [0.3, 0.4) is 0 Å². The minimum Gasteiger partial charge on any atom is -0.493 e. The summed E-state index contributed by atoms with van der Waals surface area (Å²) in [5.41, 5.74) is 3.40. The van der Waals surface area contributed by atoms with Gasteiger partial charge < -0.3 is 19.2 Å². The van der Waals surface area contributed by atoms with Crippen LogP contribution in [0.15, 0.2) is 36.5 Å². The maximum atomic E-state index is 5.41. The number of H-pyrrole nitrogens is 1. The fourth-order valence-electron chi connectivity index (χ4n) is 2.68. The van der Waals surface area contributed by atoms with Crippen molar-refractivity contribution in [2.45, 2.75) is 6.42 Å². The number of rotatable bonds is 5. The van der Waals surface area contributed by atoms with Gasteiger partial charge >= 0.3 is 0 Å². The number of methoxy groups -OCH3 is 3. The van der Waals surface area contributed by atoms with E-state index in [1.807, 2.05) is 30.5 Å². The van der Waals surface area contributed by atoms with Crippen LogP contribution in [-0.4, -0.2) is 26.3 Å². The summed E-state index contributed by atoms with van der Waals surface area (Å²) in [6.45, 7) is 0. The van der Waals surface area contributed by atoms with Crippen molar-refractivity contribution < 1.29 is 14.2 Å². The second-order valence-corrected chi connectivity index (χ2v) is 4.98. The lowest BCUT2D eigenvalue weighted by Crippen LogP contribution is -1.98. The Morgan fingerprint density at radius 2 is 1.73 bits per heavy atom. The van der Waals surface area contributed by atoms with Gasteiger partial charge in [0.05, 0.1) is 21.3 Å². The van der Waals surface area contributed by atoms with Gasteiger partial charge in [0.1, 0.15) is 0 Å². The first-order valence-corrected chi connectivity index (χ1v) is 7.02. The van der Waals surface area contributed by atoms with Gasteiger partial charge in [-0.3, -0.25) is 0 Å². The number of hydrogen-bond donors (Lipinski definition) is 1. The third-order valence-electron chi connectivity index (χ3n) is 3.71. The predicted octanol–water partition coefficient (Wildman–Crippen LogP) is 3.58. The van der Waals surface area contributed by atoms with E-state index in [0.717, 1.165) is 22.9 Å². The lowest BCUT2D eigenvalue weighted by Gasteiger charge is -2.14. The summed E-state index contributed by atoms with van der Waals surface area (Å²) in [5, 5.41) is 1.09. The topological polar surface area (TPSA) is 43.5 Å². The first-order chi connectivity index (χ1) is 10.8. The van der Waals surface area contributed by atoms with Gasteiger partial charge in [-0.15, -0.1) is 0 Å². The molecule has 0 saturated carbocycles. The standard InChI is InChI=1S/C18H18NO3/c1-20-15-10-12(11-16(21-2)18(15)22-3)9-14-6-4-5-13-7-8-19-17(13)14/h4-6,8,10-11,19H,9H2,1-3H3. The van der Waals surface area contributed by atoms with Crippen LogP contribution in [0.4, 0.5) is 0 Å². The zero-order chi connectivity index (χ0) is 15.5. The molecule has 0 aliphatic rings. The maximum Gasteiger partial charge on any atom is 0.203 e. The molecule has 4 nitrogen and oxygen atoms in total. The number of hydrogen-bond acceptors (Lipinski definition) is 3. The Morgan fingerprint density at radius 1 is 1.00 bits per heavy atom. The Labute approximate surface area is 129 Å². The number of para-hydroxylation sites is 1. The predicted molar refractivity (Wildman–Crippen MR) is 86.0 cm³/mol. The van der Waals surface area contributed by atoms with Crippen molar-refractivity contribution in [1.29, 1.82) is 0 Å². The number of aromatic nitrogens is 1. The quantitative estimate of drug-likeness (QED) is 0.782.